The van der Waals surface area contributed by atoms with Crippen molar-refractivity contribution in [3.05, 3.63) is 24.3 Å². The van der Waals surface area contributed by atoms with Crippen LogP contribution in [0.4, 0.5) is 16.2 Å². The highest BCUT2D eigenvalue weighted by atomic mass is 32.2. The maximum absolute atomic E-state index is 11.7. The number of rotatable bonds is 10. The van der Waals surface area contributed by atoms with E-state index >= 15 is 0 Å². The number of urea groups is 1. The summed E-state index contributed by atoms with van der Waals surface area (Å²) in [7, 11) is -3.29. The fourth-order valence-electron chi connectivity index (χ4n) is 2.05. The summed E-state index contributed by atoms with van der Waals surface area (Å²) in [5, 5.41) is 5.52. The minimum atomic E-state index is -3.29. The summed E-state index contributed by atoms with van der Waals surface area (Å²) in [5.74, 6) is 0.0907. The molecule has 1 aromatic carbocycles. The number of hydrogen-bond donors (Lipinski definition) is 3. The van der Waals surface area contributed by atoms with Crippen molar-refractivity contribution in [3.63, 3.8) is 0 Å². The van der Waals surface area contributed by atoms with Crippen molar-refractivity contribution in [1.29, 1.82) is 0 Å². The van der Waals surface area contributed by atoms with Gasteiger partial charge in [-0.15, -0.1) is 0 Å². The van der Waals surface area contributed by atoms with E-state index in [1.54, 1.807) is 24.3 Å². The molecule has 0 aromatic heterocycles. The Kier molecular flexibility index (Phi) is 8.47. The molecule has 1 aromatic rings. The number of anilines is 2. The first-order valence-electron chi connectivity index (χ1n) is 8.12. The summed E-state index contributed by atoms with van der Waals surface area (Å²) < 4.78 is 25.8. The van der Waals surface area contributed by atoms with Crippen molar-refractivity contribution in [3.8, 4) is 0 Å². The first kappa shape index (κ1) is 19.3. The lowest BCUT2D eigenvalue weighted by Gasteiger charge is -2.10. The van der Waals surface area contributed by atoms with Crippen molar-refractivity contribution in [2.24, 2.45) is 0 Å². The normalized spacial score (nSPS) is 11.0. The second kappa shape index (κ2) is 10.1. The van der Waals surface area contributed by atoms with Crippen LogP contribution in [-0.2, 0) is 10.0 Å². The Morgan fingerprint density at radius 3 is 2.22 bits per heavy atom. The van der Waals surface area contributed by atoms with Crippen molar-refractivity contribution in [2.45, 2.75) is 46.0 Å². The number of carbonyl (C=O) groups excluding carboxylic acids is 1. The van der Waals surface area contributed by atoms with Gasteiger partial charge in [0.25, 0.3) is 0 Å². The Hall–Kier alpha value is -1.76. The summed E-state index contributed by atoms with van der Waals surface area (Å²) in [6, 6.07) is 6.34. The van der Waals surface area contributed by atoms with Crippen LogP contribution in [-0.4, -0.2) is 26.7 Å². The van der Waals surface area contributed by atoms with Gasteiger partial charge in [-0.2, -0.15) is 0 Å². The monoisotopic (exact) mass is 341 g/mol. The molecular weight excluding hydrogens is 314 g/mol. The van der Waals surface area contributed by atoms with Gasteiger partial charge in [0.05, 0.1) is 5.75 Å². The van der Waals surface area contributed by atoms with Crippen LogP contribution in [0.2, 0.25) is 0 Å². The molecule has 0 saturated carbocycles. The quantitative estimate of drug-likeness (QED) is 0.569. The van der Waals surface area contributed by atoms with Crippen LogP contribution in [0.3, 0.4) is 0 Å². The van der Waals surface area contributed by atoms with Gasteiger partial charge in [0.15, 0.2) is 0 Å². The first-order valence-corrected chi connectivity index (χ1v) is 9.77. The molecule has 0 spiro atoms. The van der Waals surface area contributed by atoms with Crippen molar-refractivity contribution in [1.82, 2.24) is 5.32 Å². The summed E-state index contributed by atoms with van der Waals surface area (Å²) in [4.78, 5) is 11.7. The Balaban J connectivity index is 2.40. The van der Waals surface area contributed by atoms with Crippen LogP contribution < -0.4 is 15.4 Å². The number of benzene rings is 1. The maximum Gasteiger partial charge on any atom is 0.319 e. The molecule has 1 rings (SSSR count). The van der Waals surface area contributed by atoms with E-state index in [-0.39, 0.29) is 11.8 Å². The zero-order chi connectivity index (χ0) is 17.1. The van der Waals surface area contributed by atoms with Crippen LogP contribution in [0.25, 0.3) is 0 Å². The summed E-state index contributed by atoms with van der Waals surface area (Å²) in [6.07, 6.45) is 5.00. The standard InChI is InChI=1S/C16H27N3O3S/c1-3-5-6-7-12-17-16(20)18-14-8-10-15(11-9-14)19-23(21,22)13-4-2/h8-11,19H,3-7,12-13H2,1-2H3,(H2,17,18,20). The van der Waals surface area contributed by atoms with Gasteiger partial charge >= 0.3 is 6.03 Å². The Labute approximate surface area is 139 Å². The van der Waals surface area contributed by atoms with E-state index in [0.29, 0.717) is 24.3 Å². The number of nitrogens with one attached hydrogen (secondary N) is 3. The lowest BCUT2D eigenvalue weighted by molar-refractivity contribution is 0.252. The van der Waals surface area contributed by atoms with Crippen LogP contribution in [0.5, 0.6) is 0 Å². The number of sulfonamides is 1. The SMILES string of the molecule is CCCCCCNC(=O)Nc1ccc(NS(=O)(=O)CCC)cc1. The molecule has 0 bridgehead atoms. The van der Waals surface area contributed by atoms with E-state index in [2.05, 4.69) is 22.3 Å². The molecule has 0 radical (unpaired) electrons. The molecule has 130 valence electrons. The minimum absolute atomic E-state index is 0.0907. The predicted octanol–water partition coefficient (Wildman–Crippen LogP) is 3.54. The molecule has 0 aliphatic rings. The van der Waals surface area contributed by atoms with Gasteiger partial charge in [0.2, 0.25) is 10.0 Å². The number of hydrogen-bond acceptors (Lipinski definition) is 3. The molecular formula is C16H27N3O3S. The Morgan fingerprint density at radius 1 is 0.957 bits per heavy atom. The zero-order valence-electron chi connectivity index (χ0n) is 13.9. The minimum Gasteiger partial charge on any atom is -0.338 e. The third-order valence-electron chi connectivity index (χ3n) is 3.20. The lowest BCUT2D eigenvalue weighted by Crippen LogP contribution is -2.29. The van der Waals surface area contributed by atoms with Crippen molar-refractivity contribution in [2.75, 3.05) is 22.3 Å². The number of carbonyl (C=O) groups is 1. The zero-order valence-corrected chi connectivity index (χ0v) is 14.7. The molecule has 0 atom stereocenters. The van der Waals surface area contributed by atoms with E-state index in [1.807, 2.05) is 6.92 Å². The van der Waals surface area contributed by atoms with Crippen molar-refractivity contribution >= 4 is 27.4 Å². The van der Waals surface area contributed by atoms with Crippen LogP contribution in [0.1, 0.15) is 46.0 Å². The van der Waals surface area contributed by atoms with Crippen molar-refractivity contribution < 1.29 is 13.2 Å². The number of amides is 2. The summed E-state index contributed by atoms with van der Waals surface area (Å²) in [5.41, 5.74) is 1.11. The lowest BCUT2D eigenvalue weighted by atomic mass is 10.2. The molecule has 0 saturated heterocycles. The van der Waals surface area contributed by atoms with Gasteiger partial charge in [-0.3, -0.25) is 4.72 Å². The molecule has 6 nitrogen and oxygen atoms in total. The Bertz CT molecular complexity index is 571. The van der Waals surface area contributed by atoms with Gasteiger partial charge in [-0.05, 0) is 37.1 Å². The third-order valence-corrected chi connectivity index (χ3v) is 4.70. The second-order valence-corrected chi connectivity index (χ2v) is 7.28. The first-order chi connectivity index (χ1) is 11.0. The van der Waals surface area contributed by atoms with Gasteiger partial charge in [-0.1, -0.05) is 33.1 Å². The summed E-state index contributed by atoms with van der Waals surface area (Å²) in [6.45, 7) is 4.61. The molecule has 0 aliphatic heterocycles. The smallest absolute Gasteiger partial charge is 0.319 e. The van der Waals surface area contributed by atoms with E-state index in [1.165, 1.54) is 12.8 Å². The highest BCUT2D eigenvalue weighted by Gasteiger charge is 2.08. The predicted molar refractivity (Wildman–Crippen MR) is 95.3 cm³/mol. The van der Waals surface area contributed by atoms with E-state index in [4.69, 9.17) is 0 Å². The Morgan fingerprint density at radius 2 is 1.61 bits per heavy atom. The maximum atomic E-state index is 11.7. The van der Waals surface area contributed by atoms with Gasteiger partial charge in [0, 0.05) is 17.9 Å². The fourth-order valence-corrected chi connectivity index (χ4v) is 3.18. The molecule has 0 unspecified atom stereocenters. The van der Waals surface area contributed by atoms with Crippen LogP contribution in [0, 0.1) is 0 Å². The highest BCUT2D eigenvalue weighted by molar-refractivity contribution is 7.92. The molecule has 7 heteroatoms. The number of unbranched alkanes of at least 4 members (excludes halogenated alkanes) is 3. The average Bonchev–Trinajstić information content (AvgIpc) is 2.48. The largest absolute Gasteiger partial charge is 0.338 e. The highest BCUT2D eigenvalue weighted by Crippen LogP contribution is 2.15. The van der Waals surface area contributed by atoms with E-state index < -0.39 is 10.0 Å². The van der Waals surface area contributed by atoms with Gasteiger partial charge in [0.1, 0.15) is 0 Å². The molecule has 0 fully saturated rings. The molecule has 3 N–H and O–H groups in total. The average molecular weight is 341 g/mol. The molecule has 2 amide bonds. The molecule has 0 heterocycles. The second-order valence-electron chi connectivity index (χ2n) is 5.44. The third kappa shape index (κ3) is 8.44. The molecule has 23 heavy (non-hydrogen) atoms. The van der Waals surface area contributed by atoms with E-state index in [0.717, 1.165) is 12.8 Å². The van der Waals surface area contributed by atoms with Crippen LogP contribution >= 0.6 is 0 Å². The fraction of sp³-hybridized carbons (Fsp3) is 0.562. The van der Waals surface area contributed by atoms with Gasteiger partial charge in [-0.25, -0.2) is 13.2 Å². The van der Waals surface area contributed by atoms with Crippen LogP contribution in [0.15, 0.2) is 24.3 Å². The van der Waals surface area contributed by atoms with Gasteiger partial charge < -0.3 is 10.6 Å². The molecule has 0 aliphatic carbocycles. The topological polar surface area (TPSA) is 87.3 Å². The summed E-state index contributed by atoms with van der Waals surface area (Å²) >= 11 is 0. The van der Waals surface area contributed by atoms with E-state index in [9.17, 15) is 13.2 Å².